The van der Waals surface area contributed by atoms with Crippen LogP contribution in [0, 0.1) is 6.92 Å². The topological polar surface area (TPSA) is 45.8 Å². The summed E-state index contributed by atoms with van der Waals surface area (Å²) in [6.45, 7) is 1.98. The number of nitrogens with zero attached hydrogens (tertiary/aromatic N) is 1. The summed E-state index contributed by atoms with van der Waals surface area (Å²) in [5.41, 5.74) is 2.56. The van der Waals surface area contributed by atoms with Crippen LogP contribution in [0.2, 0.25) is 0 Å². The number of fused-ring (bicyclic) bond motifs is 3. The lowest BCUT2D eigenvalue weighted by Gasteiger charge is -2.07. The predicted octanol–water partition coefficient (Wildman–Crippen LogP) is 5.20. The number of hydrogen-bond acceptors (Lipinski definition) is 2. The summed E-state index contributed by atoms with van der Waals surface area (Å²) in [6, 6.07) is 24.5. The van der Waals surface area contributed by atoms with E-state index in [9.17, 15) is 4.79 Å². The lowest BCUT2D eigenvalue weighted by atomic mass is 10.0. The molecule has 0 fully saturated rings. The van der Waals surface area contributed by atoms with Crippen molar-refractivity contribution in [1.29, 1.82) is 0 Å². The number of H-pyrrole nitrogens is 1. The third-order valence-electron chi connectivity index (χ3n) is 4.92. The van der Waals surface area contributed by atoms with Crippen LogP contribution < -0.4 is 5.56 Å². The molecule has 1 heterocycles. The fourth-order valence-electron chi connectivity index (χ4n) is 3.53. The van der Waals surface area contributed by atoms with Gasteiger partial charge in [-0.15, -0.1) is 0 Å². The first-order valence-corrected chi connectivity index (χ1v) is 8.62. The molecule has 3 heteroatoms. The van der Waals surface area contributed by atoms with E-state index in [2.05, 4.69) is 47.4 Å². The summed E-state index contributed by atoms with van der Waals surface area (Å²) in [7, 11) is 0. The van der Waals surface area contributed by atoms with Gasteiger partial charge in [0, 0.05) is 5.56 Å². The molecular weight excluding hydrogens is 320 g/mol. The van der Waals surface area contributed by atoms with Crippen LogP contribution in [0.25, 0.3) is 43.8 Å². The molecule has 3 nitrogen and oxygen atoms in total. The Labute approximate surface area is 149 Å². The summed E-state index contributed by atoms with van der Waals surface area (Å²) < 4.78 is 0. The molecule has 0 spiro atoms. The summed E-state index contributed by atoms with van der Waals surface area (Å²) in [5.74, 6) is 0.604. The zero-order valence-corrected chi connectivity index (χ0v) is 14.3. The first-order chi connectivity index (χ1) is 12.7. The quantitative estimate of drug-likeness (QED) is 0.427. The molecule has 5 rings (SSSR count). The normalized spacial score (nSPS) is 11.4. The van der Waals surface area contributed by atoms with Gasteiger partial charge in [-0.2, -0.15) is 0 Å². The van der Waals surface area contributed by atoms with Gasteiger partial charge < -0.3 is 4.98 Å². The second kappa shape index (κ2) is 5.53. The van der Waals surface area contributed by atoms with Crippen molar-refractivity contribution >= 4 is 32.4 Å². The second-order valence-corrected chi connectivity index (χ2v) is 6.65. The second-order valence-electron chi connectivity index (χ2n) is 6.65. The van der Waals surface area contributed by atoms with Gasteiger partial charge in [-0.1, -0.05) is 48.5 Å². The molecule has 0 saturated carbocycles. The lowest BCUT2D eigenvalue weighted by Crippen LogP contribution is -2.10. The molecule has 0 amide bonds. The molecule has 5 aromatic rings. The highest BCUT2D eigenvalue weighted by atomic mass is 16.1. The van der Waals surface area contributed by atoms with Gasteiger partial charge in [0.2, 0.25) is 0 Å². The van der Waals surface area contributed by atoms with Crippen LogP contribution in [0.4, 0.5) is 0 Å². The predicted molar refractivity (Wildman–Crippen MR) is 108 cm³/mol. The van der Waals surface area contributed by atoms with Gasteiger partial charge in [0.15, 0.2) is 0 Å². The van der Waals surface area contributed by atoms with Crippen molar-refractivity contribution in [3.63, 3.8) is 0 Å². The zero-order valence-electron chi connectivity index (χ0n) is 14.3. The minimum Gasteiger partial charge on any atom is -0.306 e. The average Bonchev–Trinajstić information content (AvgIpc) is 2.66. The minimum absolute atomic E-state index is 0.104. The zero-order chi connectivity index (χ0) is 17.7. The largest absolute Gasteiger partial charge is 0.306 e. The Morgan fingerprint density at radius 1 is 0.769 bits per heavy atom. The highest BCUT2D eigenvalue weighted by Crippen LogP contribution is 2.27. The average molecular weight is 336 g/mol. The maximum Gasteiger partial charge on any atom is 0.259 e. The number of rotatable bonds is 1. The first-order valence-electron chi connectivity index (χ1n) is 8.62. The minimum atomic E-state index is -0.104. The molecule has 0 unspecified atom stereocenters. The van der Waals surface area contributed by atoms with Gasteiger partial charge in [-0.25, -0.2) is 4.98 Å². The Hall–Kier alpha value is -3.46. The van der Waals surface area contributed by atoms with Gasteiger partial charge in [0.1, 0.15) is 5.82 Å². The summed E-state index contributed by atoms with van der Waals surface area (Å²) in [5, 5.41) is 5.36. The van der Waals surface area contributed by atoms with E-state index in [1.54, 1.807) is 0 Å². The van der Waals surface area contributed by atoms with Gasteiger partial charge >= 0.3 is 0 Å². The molecule has 0 aliphatic rings. The molecule has 0 bridgehead atoms. The maximum absolute atomic E-state index is 12.5. The van der Waals surface area contributed by atoms with E-state index in [0.717, 1.165) is 22.0 Å². The molecule has 0 atom stereocenters. The summed E-state index contributed by atoms with van der Waals surface area (Å²) in [6.07, 6.45) is 0. The number of para-hydroxylation sites is 1. The molecule has 0 aliphatic carbocycles. The molecule has 1 N–H and O–H groups in total. The fourth-order valence-corrected chi connectivity index (χ4v) is 3.53. The van der Waals surface area contributed by atoms with Crippen molar-refractivity contribution in [2.45, 2.75) is 6.92 Å². The number of hydrogen-bond donors (Lipinski definition) is 1. The van der Waals surface area contributed by atoms with E-state index >= 15 is 0 Å². The third-order valence-corrected chi connectivity index (χ3v) is 4.92. The molecule has 0 saturated heterocycles. The van der Waals surface area contributed by atoms with Crippen LogP contribution in [0.3, 0.4) is 0 Å². The maximum atomic E-state index is 12.5. The van der Waals surface area contributed by atoms with E-state index in [-0.39, 0.29) is 5.56 Å². The molecule has 0 aliphatic heterocycles. The molecule has 0 radical (unpaired) electrons. The summed E-state index contributed by atoms with van der Waals surface area (Å²) >= 11 is 0. The lowest BCUT2D eigenvalue weighted by molar-refractivity contribution is 1.17. The van der Waals surface area contributed by atoms with Crippen molar-refractivity contribution in [1.82, 2.24) is 9.97 Å². The number of nitrogens with one attached hydrogen (secondary N) is 1. The molecular formula is C23H16N2O. The number of benzene rings is 4. The first kappa shape index (κ1) is 14.8. The van der Waals surface area contributed by atoms with Crippen LogP contribution in [0.5, 0.6) is 0 Å². The van der Waals surface area contributed by atoms with E-state index in [1.165, 1.54) is 16.2 Å². The van der Waals surface area contributed by atoms with Crippen LogP contribution in [0.1, 0.15) is 5.56 Å². The van der Waals surface area contributed by atoms with Gasteiger partial charge in [0.25, 0.3) is 5.56 Å². The van der Waals surface area contributed by atoms with E-state index in [1.807, 2.05) is 37.3 Å². The number of aryl methyl sites for hydroxylation is 1. The third kappa shape index (κ3) is 2.29. The van der Waals surface area contributed by atoms with Crippen LogP contribution >= 0.6 is 0 Å². The Bertz CT molecular complexity index is 1370. The monoisotopic (exact) mass is 336 g/mol. The van der Waals surface area contributed by atoms with Crippen molar-refractivity contribution in [2.75, 3.05) is 0 Å². The molecule has 1 aromatic heterocycles. The van der Waals surface area contributed by atoms with Crippen molar-refractivity contribution in [2.24, 2.45) is 0 Å². The molecule has 26 heavy (non-hydrogen) atoms. The number of aromatic nitrogens is 2. The molecule has 4 aromatic carbocycles. The SMILES string of the molecule is Cc1cccc2c(=O)[nH]c(-c3ccc4cc5ccccc5cc4c3)nc12. The Morgan fingerprint density at radius 2 is 1.50 bits per heavy atom. The highest BCUT2D eigenvalue weighted by Gasteiger charge is 2.08. The van der Waals surface area contributed by atoms with Crippen LogP contribution in [-0.2, 0) is 0 Å². The summed E-state index contributed by atoms with van der Waals surface area (Å²) in [4.78, 5) is 20.1. The standard InChI is InChI=1S/C23H16N2O/c1-14-5-4-8-20-21(14)24-22(25-23(20)26)18-10-9-17-11-15-6-2-3-7-16(15)12-19(17)13-18/h2-13H,1H3,(H,24,25,26). The van der Waals surface area contributed by atoms with Crippen LogP contribution in [0.15, 0.2) is 77.6 Å². The smallest absolute Gasteiger partial charge is 0.259 e. The Balaban J connectivity index is 1.76. The Kier molecular flexibility index (Phi) is 3.16. The van der Waals surface area contributed by atoms with E-state index in [0.29, 0.717) is 11.2 Å². The van der Waals surface area contributed by atoms with E-state index in [4.69, 9.17) is 4.98 Å². The van der Waals surface area contributed by atoms with Gasteiger partial charge in [0.05, 0.1) is 10.9 Å². The van der Waals surface area contributed by atoms with Crippen molar-refractivity contribution < 1.29 is 0 Å². The fraction of sp³-hybridized carbons (Fsp3) is 0.0435. The van der Waals surface area contributed by atoms with E-state index < -0.39 is 0 Å². The van der Waals surface area contributed by atoms with Crippen molar-refractivity contribution in [3.8, 4) is 11.4 Å². The van der Waals surface area contributed by atoms with Gasteiger partial charge in [-0.3, -0.25) is 4.79 Å². The van der Waals surface area contributed by atoms with Crippen molar-refractivity contribution in [3.05, 3.63) is 88.7 Å². The Morgan fingerprint density at radius 3 is 2.31 bits per heavy atom. The van der Waals surface area contributed by atoms with Crippen LogP contribution in [-0.4, -0.2) is 9.97 Å². The van der Waals surface area contributed by atoms with Gasteiger partial charge in [-0.05, 0) is 58.3 Å². The molecule has 124 valence electrons. The highest BCUT2D eigenvalue weighted by molar-refractivity contribution is 5.99. The number of aromatic amines is 1.